The molecule has 4 N–H and O–H groups in total. The van der Waals surface area contributed by atoms with Crippen LogP contribution in [0, 0.1) is 0 Å². The molecule has 0 saturated carbocycles. The molecule has 4 heteroatoms. The summed E-state index contributed by atoms with van der Waals surface area (Å²) in [5.41, 5.74) is 5.08. The van der Waals surface area contributed by atoms with Crippen molar-refractivity contribution in [3.05, 3.63) is 0 Å². The molecule has 0 aromatic heterocycles. The molecule has 0 aromatic rings. The van der Waals surface area contributed by atoms with E-state index in [1.54, 1.807) is 0 Å². The van der Waals surface area contributed by atoms with Crippen LogP contribution < -0.4 is 5.73 Å². The van der Waals surface area contributed by atoms with Gasteiger partial charge in [-0.3, -0.25) is 4.79 Å². The van der Waals surface area contributed by atoms with Gasteiger partial charge in [-0.1, -0.05) is 0 Å². The normalized spacial score (nSPS) is 16.4. The summed E-state index contributed by atoms with van der Waals surface area (Å²) in [6, 6.07) is 0. The maximum atomic E-state index is 10.4. The smallest absolute Gasteiger partial charge is 0.160 e. The fraction of sp³-hybridized carbons (Fsp3) is 0.833. The minimum atomic E-state index is -1.27. The number of rotatable bonds is 4. The molecule has 0 spiro atoms. The van der Waals surface area contributed by atoms with Gasteiger partial charge in [0.15, 0.2) is 5.78 Å². The lowest BCUT2D eigenvalue weighted by Gasteiger charge is -2.12. The Labute approximate surface area is 59.7 Å². The molecule has 10 heavy (non-hydrogen) atoms. The summed E-state index contributed by atoms with van der Waals surface area (Å²) < 4.78 is 0. The molecule has 0 fully saturated rings. The largest absolute Gasteiger partial charge is 0.390 e. The standard InChI is InChI=1S/C6H13NO3/c1-4(8)6(10)5(9)2-3-7/h5-6,9-10H,2-3,7H2,1H3. The maximum Gasteiger partial charge on any atom is 0.160 e. The van der Waals surface area contributed by atoms with E-state index in [1.807, 2.05) is 0 Å². The SMILES string of the molecule is CC(=O)C(O)C(O)CCN. The van der Waals surface area contributed by atoms with Crippen molar-refractivity contribution in [3.63, 3.8) is 0 Å². The van der Waals surface area contributed by atoms with Crippen molar-refractivity contribution in [1.82, 2.24) is 0 Å². The molecule has 60 valence electrons. The monoisotopic (exact) mass is 147 g/mol. The van der Waals surface area contributed by atoms with Crippen LogP contribution in [0.2, 0.25) is 0 Å². The van der Waals surface area contributed by atoms with E-state index in [0.29, 0.717) is 0 Å². The van der Waals surface area contributed by atoms with Crippen LogP contribution >= 0.6 is 0 Å². The maximum absolute atomic E-state index is 10.4. The van der Waals surface area contributed by atoms with Crippen molar-refractivity contribution in [2.45, 2.75) is 25.6 Å². The minimum Gasteiger partial charge on any atom is -0.390 e. The Morgan fingerprint density at radius 1 is 1.60 bits per heavy atom. The van der Waals surface area contributed by atoms with Gasteiger partial charge in [0, 0.05) is 0 Å². The van der Waals surface area contributed by atoms with Crippen molar-refractivity contribution in [1.29, 1.82) is 0 Å². The average molecular weight is 147 g/mol. The second-order valence-corrected chi connectivity index (χ2v) is 2.20. The van der Waals surface area contributed by atoms with Gasteiger partial charge in [0.1, 0.15) is 6.10 Å². The van der Waals surface area contributed by atoms with Gasteiger partial charge >= 0.3 is 0 Å². The Morgan fingerprint density at radius 3 is 2.40 bits per heavy atom. The van der Waals surface area contributed by atoms with Crippen LogP contribution in [0.1, 0.15) is 13.3 Å². The molecule has 4 nitrogen and oxygen atoms in total. The Balaban J connectivity index is 3.69. The van der Waals surface area contributed by atoms with E-state index in [1.165, 1.54) is 6.92 Å². The molecule has 0 saturated heterocycles. The average Bonchev–Trinajstić information content (AvgIpc) is 1.87. The molecule has 0 rings (SSSR count). The van der Waals surface area contributed by atoms with Crippen LogP contribution in [0.5, 0.6) is 0 Å². The van der Waals surface area contributed by atoms with E-state index < -0.39 is 18.0 Å². The summed E-state index contributed by atoms with van der Waals surface area (Å²) in [6.45, 7) is 1.50. The molecule has 0 aromatic carbocycles. The van der Waals surface area contributed by atoms with Gasteiger partial charge in [0.05, 0.1) is 6.10 Å². The molecular formula is C6H13NO3. The third-order valence-electron chi connectivity index (χ3n) is 1.24. The van der Waals surface area contributed by atoms with Crippen molar-refractivity contribution in [3.8, 4) is 0 Å². The van der Waals surface area contributed by atoms with Crippen LogP contribution in [-0.4, -0.2) is 34.7 Å². The Morgan fingerprint density at radius 2 is 2.10 bits per heavy atom. The Bertz CT molecular complexity index is 116. The van der Waals surface area contributed by atoms with Crippen molar-refractivity contribution in [2.24, 2.45) is 5.73 Å². The van der Waals surface area contributed by atoms with Crippen LogP contribution in [0.3, 0.4) is 0 Å². The summed E-state index contributed by atoms with van der Waals surface area (Å²) in [4.78, 5) is 10.4. The van der Waals surface area contributed by atoms with E-state index in [4.69, 9.17) is 15.9 Å². The lowest BCUT2D eigenvalue weighted by Crippen LogP contribution is -2.33. The second kappa shape index (κ2) is 4.38. The summed E-state index contributed by atoms with van der Waals surface area (Å²) in [6.07, 6.45) is -2.04. The Kier molecular flexibility index (Phi) is 4.18. The number of aliphatic hydroxyl groups is 2. The highest BCUT2D eigenvalue weighted by Gasteiger charge is 2.18. The number of ketones is 1. The molecular weight excluding hydrogens is 134 g/mol. The van der Waals surface area contributed by atoms with Gasteiger partial charge in [0.25, 0.3) is 0 Å². The number of hydrogen-bond donors (Lipinski definition) is 3. The van der Waals surface area contributed by atoms with Gasteiger partial charge in [-0.25, -0.2) is 0 Å². The first-order valence-electron chi connectivity index (χ1n) is 3.16. The molecule has 2 unspecified atom stereocenters. The highest BCUT2D eigenvalue weighted by molar-refractivity contribution is 5.80. The third-order valence-corrected chi connectivity index (χ3v) is 1.24. The second-order valence-electron chi connectivity index (χ2n) is 2.20. The zero-order chi connectivity index (χ0) is 8.15. The van der Waals surface area contributed by atoms with Crippen LogP contribution in [0.15, 0.2) is 0 Å². The first-order valence-corrected chi connectivity index (χ1v) is 3.16. The van der Waals surface area contributed by atoms with Crippen LogP contribution in [-0.2, 0) is 4.79 Å². The molecule has 0 aliphatic rings. The van der Waals surface area contributed by atoms with E-state index in [9.17, 15) is 4.79 Å². The Hall–Kier alpha value is -0.450. The van der Waals surface area contributed by atoms with Gasteiger partial charge in [-0.2, -0.15) is 0 Å². The van der Waals surface area contributed by atoms with Crippen molar-refractivity contribution < 1.29 is 15.0 Å². The highest BCUT2D eigenvalue weighted by Crippen LogP contribution is 1.97. The molecule has 0 heterocycles. The van der Waals surface area contributed by atoms with Crippen molar-refractivity contribution in [2.75, 3.05) is 6.54 Å². The van der Waals surface area contributed by atoms with Crippen LogP contribution in [0.25, 0.3) is 0 Å². The number of hydrogen-bond acceptors (Lipinski definition) is 4. The predicted molar refractivity (Wildman–Crippen MR) is 36.4 cm³/mol. The molecule has 0 radical (unpaired) electrons. The van der Waals surface area contributed by atoms with Gasteiger partial charge in [-0.05, 0) is 19.9 Å². The summed E-state index contributed by atoms with van der Waals surface area (Å²) >= 11 is 0. The van der Waals surface area contributed by atoms with E-state index >= 15 is 0 Å². The zero-order valence-corrected chi connectivity index (χ0v) is 5.95. The molecule has 0 amide bonds. The number of carbonyl (C=O) groups is 1. The summed E-state index contributed by atoms with van der Waals surface area (Å²) in [5, 5.41) is 17.8. The zero-order valence-electron chi connectivity index (χ0n) is 5.95. The molecule has 0 aliphatic heterocycles. The fourth-order valence-corrected chi connectivity index (χ4v) is 0.600. The molecule has 2 atom stereocenters. The molecule has 0 bridgehead atoms. The summed E-state index contributed by atoms with van der Waals surface area (Å²) in [5.74, 6) is -0.430. The van der Waals surface area contributed by atoms with Crippen LogP contribution in [0.4, 0.5) is 0 Å². The van der Waals surface area contributed by atoms with Gasteiger partial charge < -0.3 is 15.9 Å². The fourth-order valence-electron chi connectivity index (χ4n) is 0.600. The lowest BCUT2D eigenvalue weighted by molar-refractivity contribution is -0.130. The topological polar surface area (TPSA) is 83.5 Å². The van der Waals surface area contributed by atoms with Gasteiger partial charge in [0.2, 0.25) is 0 Å². The minimum absolute atomic E-state index is 0.251. The number of nitrogens with two attached hydrogens (primary N) is 1. The predicted octanol–water partition coefficient (Wildman–Crippen LogP) is -1.35. The molecule has 0 aliphatic carbocycles. The van der Waals surface area contributed by atoms with Gasteiger partial charge in [-0.15, -0.1) is 0 Å². The quantitative estimate of drug-likeness (QED) is 0.459. The summed E-state index contributed by atoms with van der Waals surface area (Å²) in [7, 11) is 0. The number of Topliss-reactive ketones (excluding diaryl/α,β-unsaturated/α-hetero) is 1. The first kappa shape index (κ1) is 9.55. The van der Waals surface area contributed by atoms with E-state index in [-0.39, 0.29) is 13.0 Å². The third kappa shape index (κ3) is 2.91. The first-order chi connectivity index (χ1) is 4.59. The number of carbonyl (C=O) groups excluding carboxylic acids is 1. The van der Waals surface area contributed by atoms with E-state index in [2.05, 4.69) is 0 Å². The highest BCUT2D eigenvalue weighted by atomic mass is 16.3. The number of aliphatic hydroxyl groups excluding tert-OH is 2. The van der Waals surface area contributed by atoms with Crippen molar-refractivity contribution >= 4 is 5.78 Å². The van der Waals surface area contributed by atoms with E-state index in [0.717, 1.165) is 0 Å². The lowest BCUT2D eigenvalue weighted by atomic mass is 10.1.